The molecule has 0 aromatic heterocycles. The Morgan fingerprint density at radius 3 is 2.65 bits per heavy atom. The number of hydrogen-bond acceptors (Lipinski definition) is 3. The third-order valence-electron chi connectivity index (χ3n) is 2.95. The number of anilines is 1. The predicted molar refractivity (Wildman–Crippen MR) is 78.2 cm³/mol. The zero-order chi connectivity index (χ0) is 15.3. The topological polar surface area (TPSA) is 55.6 Å². The Bertz CT molecular complexity index is 475. The fourth-order valence-corrected chi connectivity index (χ4v) is 2.04. The molecular formula is C15H23FN2O2. The van der Waals surface area contributed by atoms with Crippen molar-refractivity contribution in [2.45, 2.75) is 20.8 Å². The molecule has 1 aromatic rings. The van der Waals surface area contributed by atoms with E-state index < -0.39 is 5.82 Å². The van der Waals surface area contributed by atoms with Gasteiger partial charge in [-0.1, -0.05) is 13.8 Å². The van der Waals surface area contributed by atoms with Crippen LogP contribution < -0.4 is 5.73 Å². The number of benzene rings is 1. The quantitative estimate of drug-likeness (QED) is 0.815. The molecule has 2 N–H and O–H groups in total. The Balaban J connectivity index is 3.04. The summed E-state index contributed by atoms with van der Waals surface area (Å²) < 4.78 is 19.1. The van der Waals surface area contributed by atoms with Gasteiger partial charge in [-0.3, -0.25) is 4.79 Å². The summed E-state index contributed by atoms with van der Waals surface area (Å²) in [6.45, 7) is 7.02. The molecule has 0 spiro atoms. The van der Waals surface area contributed by atoms with Crippen molar-refractivity contribution in [3.05, 3.63) is 29.1 Å². The van der Waals surface area contributed by atoms with Gasteiger partial charge in [-0.05, 0) is 30.5 Å². The number of amides is 1. The molecule has 0 radical (unpaired) electrons. The first-order valence-electron chi connectivity index (χ1n) is 6.70. The monoisotopic (exact) mass is 282 g/mol. The zero-order valence-electron chi connectivity index (χ0n) is 12.6. The van der Waals surface area contributed by atoms with Crippen LogP contribution in [0.25, 0.3) is 0 Å². The Kier molecular flexibility index (Phi) is 5.95. The number of carbonyl (C=O) groups excluding carboxylic acids is 1. The molecule has 0 aliphatic carbocycles. The highest BCUT2D eigenvalue weighted by Crippen LogP contribution is 2.19. The van der Waals surface area contributed by atoms with Crippen molar-refractivity contribution in [3.8, 4) is 0 Å². The first-order chi connectivity index (χ1) is 9.36. The number of methoxy groups -OCH3 is 1. The van der Waals surface area contributed by atoms with E-state index in [-0.39, 0.29) is 11.5 Å². The van der Waals surface area contributed by atoms with Crippen molar-refractivity contribution in [1.82, 2.24) is 4.90 Å². The van der Waals surface area contributed by atoms with Gasteiger partial charge in [0.05, 0.1) is 12.2 Å². The Morgan fingerprint density at radius 1 is 1.45 bits per heavy atom. The average Bonchev–Trinajstić information content (AvgIpc) is 2.37. The zero-order valence-corrected chi connectivity index (χ0v) is 12.6. The van der Waals surface area contributed by atoms with Gasteiger partial charge < -0.3 is 15.4 Å². The molecule has 20 heavy (non-hydrogen) atoms. The molecule has 1 amide bonds. The summed E-state index contributed by atoms with van der Waals surface area (Å²) in [5.41, 5.74) is 6.50. The normalized spacial score (nSPS) is 10.9. The van der Waals surface area contributed by atoms with Gasteiger partial charge >= 0.3 is 0 Å². The smallest absolute Gasteiger partial charge is 0.257 e. The van der Waals surface area contributed by atoms with Gasteiger partial charge in [0, 0.05) is 25.9 Å². The van der Waals surface area contributed by atoms with Gasteiger partial charge in [0.15, 0.2) is 0 Å². The summed E-state index contributed by atoms with van der Waals surface area (Å²) in [5, 5.41) is 0. The number of nitrogens with zero attached hydrogens (tertiary/aromatic N) is 1. The molecule has 5 heteroatoms. The second-order valence-electron chi connectivity index (χ2n) is 5.34. The lowest BCUT2D eigenvalue weighted by molar-refractivity contribution is 0.0667. The second kappa shape index (κ2) is 7.24. The van der Waals surface area contributed by atoms with E-state index in [4.69, 9.17) is 10.5 Å². The maximum atomic E-state index is 14.1. The highest BCUT2D eigenvalue weighted by Gasteiger charge is 2.21. The molecule has 0 heterocycles. The summed E-state index contributed by atoms with van der Waals surface area (Å²) in [6.07, 6.45) is 0. The molecule has 0 atom stereocenters. The van der Waals surface area contributed by atoms with Crippen LogP contribution in [-0.4, -0.2) is 37.6 Å². The van der Waals surface area contributed by atoms with E-state index in [1.54, 1.807) is 18.9 Å². The van der Waals surface area contributed by atoms with Crippen LogP contribution in [0.4, 0.5) is 10.1 Å². The van der Waals surface area contributed by atoms with Crippen molar-refractivity contribution in [1.29, 1.82) is 0 Å². The molecule has 0 bridgehead atoms. The molecular weight excluding hydrogens is 259 g/mol. The number of nitrogen functional groups attached to an aromatic ring is 1. The summed E-state index contributed by atoms with van der Waals surface area (Å²) >= 11 is 0. The first-order valence-corrected chi connectivity index (χ1v) is 6.70. The van der Waals surface area contributed by atoms with Gasteiger partial charge in [-0.15, -0.1) is 0 Å². The average molecular weight is 282 g/mol. The Labute approximate surface area is 119 Å². The van der Waals surface area contributed by atoms with E-state index in [2.05, 4.69) is 0 Å². The Hall–Kier alpha value is -1.62. The van der Waals surface area contributed by atoms with Gasteiger partial charge in [-0.2, -0.15) is 0 Å². The summed E-state index contributed by atoms with van der Waals surface area (Å²) in [7, 11) is 1.57. The highest BCUT2D eigenvalue weighted by atomic mass is 19.1. The van der Waals surface area contributed by atoms with Crippen LogP contribution in [0.5, 0.6) is 0 Å². The third-order valence-corrected chi connectivity index (χ3v) is 2.95. The number of rotatable bonds is 6. The number of halogens is 1. The van der Waals surface area contributed by atoms with Gasteiger partial charge in [0.2, 0.25) is 0 Å². The predicted octanol–water partition coefficient (Wildman–Crippen LogP) is 2.46. The number of aryl methyl sites for hydroxylation is 1. The second-order valence-corrected chi connectivity index (χ2v) is 5.34. The van der Waals surface area contributed by atoms with Gasteiger partial charge in [-0.25, -0.2) is 4.39 Å². The fraction of sp³-hybridized carbons (Fsp3) is 0.533. The van der Waals surface area contributed by atoms with E-state index in [0.29, 0.717) is 36.9 Å². The minimum atomic E-state index is -0.504. The first kappa shape index (κ1) is 16.4. The molecule has 0 saturated carbocycles. The molecule has 0 aliphatic rings. The van der Waals surface area contributed by atoms with E-state index >= 15 is 0 Å². The third kappa shape index (κ3) is 4.20. The highest BCUT2D eigenvalue weighted by molar-refractivity contribution is 5.95. The van der Waals surface area contributed by atoms with E-state index in [9.17, 15) is 9.18 Å². The number of hydrogen-bond donors (Lipinski definition) is 1. The minimum Gasteiger partial charge on any atom is -0.399 e. The van der Waals surface area contributed by atoms with Crippen molar-refractivity contribution in [2.24, 2.45) is 5.92 Å². The number of nitrogens with two attached hydrogens (primary N) is 1. The molecule has 112 valence electrons. The van der Waals surface area contributed by atoms with Crippen molar-refractivity contribution in [2.75, 3.05) is 32.5 Å². The maximum absolute atomic E-state index is 14.1. The molecule has 0 aliphatic heterocycles. The minimum absolute atomic E-state index is 0.0271. The van der Waals surface area contributed by atoms with Gasteiger partial charge in [0.1, 0.15) is 5.82 Å². The standard InChI is InChI=1S/C15H23FN2O2/c1-10(2)9-18(5-6-20-4)15(19)13-8-12(17)7-11(3)14(13)16/h7-8,10H,5-6,9,17H2,1-4H3. The molecule has 0 saturated heterocycles. The van der Waals surface area contributed by atoms with Crippen LogP contribution >= 0.6 is 0 Å². The van der Waals surface area contributed by atoms with E-state index in [1.807, 2.05) is 13.8 Å². The molecule has 4 nitrogen and oxygen atoms in total. The van der Waals surface area contributed by atoms with E-state index in [1.165, 1.54) is 12.1 Å². The maximum Gasteiger partial charge on any atom is 0.257 e. The van der Waals surface area contributed by atoms with Crippen molar-refractivity contribution < 1.29 is 13.9 Å². The lowest BCUT2D eigenvalue weighted by atomic mass is 10.1. The molecule has 0 unspecified atom stereocenters. The Morgan fingerprint density at radius 2 is 2.10 bits per heavy atom. The van der Waals surface area contributed by atoms with Crippen LogP contribution in [0.2, 0.25) is 0 Å². The van der Waals surface area contributed by atoms with Crippen molar-refractivity contribution >= 4 is 11.6 Å². The number of carbonyl (C=O) groups is 1. The number of ether oxygens (including phenoxy) is 1. The summed E-state index contributed by atoms with van der Waals surface area (Å²) in [5.74, 6) is -0.556. The summed E-state index contributed by atoms with van der Waals surface area (Å²) in [4.78, 5) is 14.1. The summed E-state index contributed by atoms with van der Waals surface area (Å²) in [6, 6.07) is 2.92. The van der Waals surface area contributed by atoms with E-state index in [0.717, 1.165) is 0 Å². The fourth-order valence-electron chi connectivity index (χ4n) is 2.04. The van der Waals surface area contributed by atoms with Crippen molar-refractivity contribution in [3.63, 3.8) is 0 Å². The van der Waals surface area contributed by atoms with Crippen LogP contribution in [0, 0.1) is 18.7 Å². The van der Waals surface area contributed by atoms with Gasteiger partial charge in [0.25, 0.3) is 5.91 Å². The lowest BCUT2D eigenvalue weighted by Gasteiger charge is -2.25. The SMILES string of the molecule is COCCN(CC(C)C)C(=O)c1cc(N)cc(C)c1F. The largest absolute Gasteiger partial charge is 0.399 e. The van der Waals surface area contributed by atoms with Crippen LogP contribution in [-0.2, 0) is 4.74 Å². The molecule has 1 aromatic carbocycles. The van der Waals surface area contributed by atoms with Crippen LogP contribution in [0.3, 0.4) is 0 Å². The lowest BCUT2D eigenvalue weighted by Crippen LogP contribution is -2.37. The van der Waals surface area contributed by atoms with Crippen LogP contribution in [0.15, 0.2) is 12.1 Å². The molecule has 0 fully saturated rings. The van der Waals surface area contributed by atoms with Crippen LogP contribution in [0.1, 0.15) is 29.8 Å². The molecule has 1 rings (SSSR count).